The average Bonchev–Trinajstić information content (AvgIpc) is 2.57. The molecule has 1 saturated heterocycles. The smallest absolute Gasteiger partial charge is 0.252 e. The summed E-state index contributed by atoms with van der Waals surface area (Å²) < 4.78 is 0. The van der Waals surface area contributed by atoms with Gasteiger partial charge >= 0.3 is 0 Å². The fourth-order valence-corrected chi connectivity index (χ4v) is 2.13. The van der Waals surface area contributed by atoms with Crippen molar-refractivity contribution >= 4 is 17.5 Å². The predicted molar refractivity (Wildman–Crippen MR) is 68.0 cm³/mol. The first-order valence-electron chi connectivity index (χ1n) is 6.04. The summed E-state index contributed by atoms with van der Waals surface area (Å²) in [5.74, 6) is -0.271. The van der Waals surface area contributed by atoms with E-state index in [1.807, 2.05) is 26.8 Å². The van der Waals surface area contributed by atoms with Crippen LogP contribution in [0.4, 0.5) is 5.69 Å². The van der Waals surface area contributed by atoms with Crippen LogP contribution in [0.5, 0.6) is 0 Å². The van der Waals surface area contributed by atoms with E-state index in [0.29, 0.717) is 0 Å². The van der Waals surface area contributed by atoms with Gasteiger partial charge in [-0.25, -0.2) is 0 Å². The quantitative estimate of drug-likeness (QED) is 0.819. The van der Waals surface area contributed by atoms with Crippen molar-refractivity contribution in [3.05, 3.63) is 24.0 Å². The summed E-state index contributed by atoms with van der Waals surface area (Å²) in [6, 6.07) is 3.10. The Hall–Kier alpha value is -1.91. The third-order valence-electron chi connectivity index (χ3n) is 3.04. The Balaban J connectivity index is 2.15. The zero-order chi connectivity index (χ0) is 13.3. The molecule has 2 rings (SSSR count). The molecule has 0 radical (unpaired) electrons. The first-order chi connectivity index (χ1) is 8.50. The first-order valence-corrected chi connectivity index (χ1v) is 6.04. The SMILES string of the molecule is Cc1ncccc1NC1CC(=O)N(C(C)C)C1=O. The Morgan fingerprint density at radius 2 is 2.17 bits per heavy atom. The maximum absolute atomic E-state index is 12.1. The molecule has 5 heteroatoms. The Morgan fingerprint density at radius 3 is 2.72 bits per heavy atom. The topological polar surface area (TPSA) is 62.3 Å². The van der Waals surface area contributed by atoms with Gasteiger partial charge in [-0.1, -0.05) is 0 Å². The van der Waals surface area contributed by atoms with Crippen molar-refractivity contribution in [2.24, 2.45) is 0 Å². The zero-order valence-electron chi connectivity index (χ0n) is 10.8. The number of carbonyl (C=O) groups excluding carboxylic acids is 2. The van der Waals surface area contributed by atoms with Crippen molar-refractivity contribution in [1.29, 1.82) is 0 Å². The summed E-state index contributed by atoms with van der Waals surface area (Å²) in [5.41, 5.74) is 1.62. The molecule has 1 aliphatic heterocycles. The van der Waals surface area contributed by atoms with E-state index in [0.717, 1.165) is 11.4 Å². The second-order valence-corrected chi connectivity index (χ2v) is 4.73. The molecule has 1 aromatic heterocycles. The van der Waals surface area contributed by atoms with Crippen molar-refractivity contribution in [2.45, 2.75) is 39.3 Å². The van der Waals surface area contributed by atoms with Crippen LogP contribution >= 0.6 is 0 Å². The number of carbonyl (C=O) groups is 2. The Kier molecular flexibility index (Phi) is 3.32. The van der Waals surface area contributed by atoms with Crippen LogP contribution in [0.15, 0.2) is 18.3 Å². The highest BCUT2D eigenvalue weighted by Gasteiger charge is 2.39. The van der Waals surface area contributed by atoms with Crippen molar-refractivity contribution in [3.63, 3.8) is 0 Å². The zero-order valence-corrected chi connectivity index (χ0v) is 10.8. The Labute approximate surface area is 106 Å². The molecule has 1 fully saturated rings. The number of nitrogens with one attached hydrogen (secondary N) is 1. The molecule has 2 heterocycles. The summed E-state index contributed by atoms with van der Waals surface area (Å²) in [4.78, 5) is 29.3. The first kappa shape index (κ1) is 12.5. The largest absolute Gasteiger partial charge is 0.372 e. The third kappa shape index (κ3) is 2.20. The van der Waals surface area contributed by atoms with E-state index >= 15 is 0 Å². The second-order valence-electron chi connectivity index (χ2n) is 4.73. The second kappa shape index (κ2) is 4.76. The Morgan fingerprint density at radius 1 is 1.44 bits per heavy atom. The van der Waals surface area contributed by atoms with Crippen molar-refractivity contribution in [2.75, 3.05) is 5.32 Å². The van der Waals surface area contributed by atoms with E-state index < -0.39 is 6.04 Å². The number of pyridine rings is 1. The highest BCUT2D eigenvalue weighted by molar-refractivity contribution is 6.07. The summed E-state index contributed by atoms with van der Waals surface area (Å²) in [6.07, 6.45) is 1.91. The number of anilines is 1. The number of imide groups is 1. The monoisotopic (exact) mass is 247 g/mol. The molecule has 0 aliphatic carbocycles. The molecule has 0 aromatic carbocycles. The fourth-order valence-electron chi connectivity index (χ4n) is 2.13. The van der Waals surface area contributed by atoms with Crippen molar-refractivity contribution < 1.29 is 9.59 Å². The van der Waals surface area contributed by atoms with Crippen molar-refractivity contribution in [1.82, 2.24) is 9.88 Å². The van der Waals surface area contributed by atoms with E-state index in [1.165, 1.54) is 4.90 Å². The fraction of sp³-hybridized carbons (Fsp3) is 0.462. The molecule has 1 N–H and O–H groups in total. The van der Waals surface area contributed by atoms with Crippen molar-refractivity contribution in [3.8, 4) is 0 Å². The highest BCUT2D eigenvalue weighted by atomic mass is 16.2. The van der Waals surface area contributed by atoms with Crippen LogP contribution in [0.3, 0.4) is 0 Å². The van der Waals surface area contributed by atoms with E-state index in [1.54, 1.807) is 12.3 Å². The van der Waals surface area contributed by atoms with Gasteiger partial charge in [0, 0.05) is 12.2 Å². The molecule has 1 aromatic rings. The van der Waals surface area contributed by atoms with E-state index in [-0.39, 0.29) is 24.3 Å². The maximum atomic E-state index is 12.1. The molecule has 1 aliphatic rings. The highest BCUT2D eigenvalue weighted by Crippen LogP contribution is 2.21. The Bertz CT molecular complexity index is 485. The lowest BCUT2D eigenvalue weighted by Gasteiger charge is -2.19. The number of aryl methyl sites for hydroxylation is 1. The average molecular weight is 247 g/mol. The number of hydrogen-bond donors (Lipinski definition) is 1. The van der Waals surface area contributed by atoms with E-state index in [2.05, 4.69) is 10.3 Å². The summed E-state index contributed by atoms with van der Waals surface area (Å²) in [7, 11) is 0. The van der Waals surface area contributed by atoms with E-state index in [4.69, 9.17) is 0 Å². The van der Waals surface area contributed by atoms with Gasteiger partial charge in [0.2, 0.25) is 5.91 Å². The lowest BCUT2D eigenvalue weighted by molar-refractivity contribution is -0.140. The van der Waals surface area contributed by atoms with Gasteiger partial charge in [0.1, 0.15) is 6.04 Å². The number of hydrogen-bond acceptors (Lipinski definition) is 4. The molecule has 18 heavy (non-hydrogen) atoms. The standard InChI is InChI=1S/C13H17N3O2/c1-8(2)16-12(17)7-11(13(16)18)15-10-5-4-6-14-9(10)3/h4-6,8,11,15H,7H2,1-3H3. The van der Waals surface area contributed by atoms with Crippen LogP contribution in [0.25, 0.3) is 0 Å². The molecule has 1 unspecified atom stereocenters. The van der Waals surface area contributed by atoms with Gasteiger partial charge in [0.05, 0.1) is 17.8 Å². The van der Waals surface area contributed by atoms with Crippen LogP contribution in [0.2, 0.25) is 0 Å². The predicted octanol–water partition coefficient (Wildman–Crippen LogP) is 1.34. The minimum absolute atomic E-state index is 0.0909. The summed E-state index contributed by atoms with van der Waals surface area (Å²) in [5, 5.41) is 3.10. The molecule has 0 bridgehead atoms. The number of amides is 2. The van der Waals surface area contributed by atoms with Gasteiger partial charge in [-0.2, -0.15) is 0 Å². The maximum Gasteiger partial charge on any atom is 0.252 e. The van der Waals surface area contributed by atoms with Crippen LogP contribution < -0.4 is 5.32 Å². The number of nitrogens with zero attached hydrogens (tertiary/aromatic N) is 2. The lowest BCUT2D eigenvalue weighted by atomic mass is 10.2. The number of aromatic nitrogens is 1. The summed E-state index contributed by atoms with van der Waals surface area (Å²) in [6.45, 7) is 5.55. The van der Waals surface area contributed by atoms with Crippen LogP contribution in [-0.4, -0.2) is 33.8 Å². The van der Waals surface area contributed by atoms with Crippen LogP contribution in [0, 0.1) is 6.92 Å². The van der Waals surface area contributed by atoms with Crippen LogP contribution in [-0.2, 0) is 9.59 Å². The molecular formula is C13H17N3O2. The normalized spacial score (nSPS) is 19.8. The van der Waals surface area contributed by atoms with Crippen LogP contribution in [0.1, 0.15) is 26.0 Å². The van der Waals surface area contributed by atoms with Gasteiger partial charge in [-0.15, -0.1) is 0 Å². The molecule has 2 amide bonds. The molecule has 0 saturated carbocycles. The molecule has 5 nitrogen and oxygen atoms in total. The minimum Gasteiger partial charge on any atom is -0.372 e. The number of likely N-dealkylation sites (tertiary alicyclic amines) is 1. The molecule has 96 valence electrons. The van der Waals surface area contributed by atoms with Gasteiger partial charge < -0.3 is 5.32 Å². The minimum atomic E-state index is -0.470. The van der Waals surface area contributed by atoms with Gasteiger partial charge in [0.15, 0.2) is 0 Å². The lowest BCUT2D eigenvalue weighted by Crippen LogP contribution is -2.39. The van der Waals surface area contributed by atoms with E-state index in [9.17, 15) is 9.59 Å². The third-order valence-corrected chi connectivity index (χ3v) is 3.04. The molecule has 1 atom stereocenters. The van der Waals surface area contributed by atoms with Gasteiger partial charge in [-0.3, -0.25) is 19.5 Å². The van der Waals surface area contributed by atoms with Gasteiger partial charge in [-0.05, 0) is 32.9 Å². The molecule has 0 spiro atoms. The number of rotatable bonds is 3. The molecular weight excluding hydrogens is 230 g/mol. The summed E-state index contributed by atoms with van der Waals surface area (Å²) >= 11 is 0. The van der Waals surface area contributed by atoms with Gasteiger partial charge in [0.25, 0.3) is 5.91 Å².